The predicted octanol–water partition coefficient (Wildman–Crippen LogP) is 3.94. The zero-order valence-electron chi connectivity index (χ0n) is 15.3. The van der Waals surface area contributed by atoms with Crippen LogP contribution in [-0.4, -0.2) is 30.6 Å². The Bertz CT molecular complexity index is 877. The summed E-state index contributed by atoms with van der Waals surface area (Å²) in [6, 6.07) is 19.7. The molecule has 3 aromatic rings. The average molecular weight is 395 g/mol. The second-order valence-corrected chi connectivity index (χ2v) is 7.10. The number of carbonyl (C=O) groups is 2. The Morgan fingerprint density at radius 2 is 1.68 bits per heavy atom. The number of nitrogens with one attached hydrogen (secondary N) is 1. The molecule has 0 aliphatic carbocycles. The Morgan fingerprint density at radius 1 is 0.929 bits per heavy atom. The van der Waals surface area contributed by atoms with Crippen LogP contribution in [0, 0.1) is 0 Å². The fourth-order valence-corrected chi connectivity index (χ4v) is 3.24. The quantitative estimate of drug-likeness (QED) is 0.416. The van der Waals surface area contributed by atoms with Crippen LogP contribution >= 0.6 is 11.8 Å². The highest BCUT2D eigenvalue weighted by molar-refractivity contribution is 7.98. The van der Waals surface area contributed by atoms with Gasteiger partial charge in [0.2, 0.25) is 0 Å². The smallest absolute Gasteiger partial charge is 0.257 e. The Morgan fingerprint density at radius 3 is 2.39 bits per heavy atom. The van der Waals surface area contributed by atoms with E-state index in [9.17, 15) is 9.59 Å². The molecule has 0 aliphatic heterocycles. The highest BCUT2D eigenvalue weighted by Crippen LogP contribution is 2.15. The molecular weight excluding hydrogens is 374 g/mol. The molecule has 0 aliphatic rings. The van der Waals surface area contributed by atoms with Crippen LogP contribution in [0.15, 0.2) is 77.4 Å². The molecule has 2 aromatic carbocycles. The van der Waals surface area contributed by atoms with Crippen molar-refractivity contribution in [1.29, 1.82) is 0 Å². The number of rotatable bonds is 10. The summed E-state index contributed by atoms with van der Waals surface area (Å²) in [5.41, 5.74) is 1.22. The van der Waals surface area contributed by atoms with E-state index in [2.05, 4.69) is 5.32 Å². The van der Waals surface area contributed by atoms with Crippen molar-refractivity contribution in [3.05, 3.63) is 89.9 Å². The molecule has 0 spiro atoms. The number of furan rings is 1. The van der Waals surface area contributed by atoms with E-state index in [0.717, 1.165) is 17.3 Å². The first-order valence-electron chi connectivity index (χ1n) is 8.92. The zero-order valence-corrected chi connectivity index (χ0v) is 16.1. The summed E-state index contributed by atoms with van der Waals surface area (Å²) >= 11 is 1.69. The van der Waals surface area contributed by atoms with Crippen LogP contribution in [0.3, 0.4) is 0 Å². The molecule has 1 amide bonds. The van der Waals surface area contributed by atoms with Gasteiger partial charge in [-0.25, -0.2) is 0 Å². The van der Waals surface area contributed by atoms with Gasteiger partial charge in [-0.1, -0.05) is 30.3 Å². The summed E-state index contributed by atoms with van der Waals surface area (Å²) in [6.45, 7) is 0.507. The van der Waals surface area contributed by atoms with Crippen molar-refractivity contribution in [2.45, 2.75) is 5.75 Å². The van der Waals surface area contributed by atoms with Crippen molar-refractivity contribution < 1.29 is 18.7 Å². The van der Waals surface area contributed by atoms with Crippen molar-refractivity contribution in [2.75, 3.05) is 18.9 Å². The molecule has 0 saturated carbocycles. The molecule has 5 nitrogen and oxygen atoms in total. The van der Waals surface area contributed by atoms with E-state index in [1.165, 1.54) is 0 Å². The number of amides is 1. The summed E-state index contributed by atoms with van der Waals surface area (Å²) in [7, 11) is 0. The van der Waals surface area contributed by atoms with Gasteiger partial charge in [-0.3, -0.25) is 9.59 Å². The molecule has 1 aromatic heterocycles. The molecule has 28 heavy (non-hydrogen) atoms. The number of benzene rings is 2. The van der Waals surface area contributed by atoms with Gasteiger partial charge in [-0.05, 0) is 36.4 Å². The lowest BCUT2D eigenvalue weighted by atomic mass is 10.0. The first-order valence-corrected chi connectivity index (χ1v) is 10.1. The second kappa shape index (κ2) is 10.4. The maximum atomic E-state index is 12.4. The van der Waals surface area contributed by atoms with E-state index in [1.807, 2.05) is 30.3 Å². The summed E-state index contributed by atoms with van der Waals surface area (Å²) < 4.78 is 10.7. The SMILES string of the molecule is O=C(COc1ccc(C(=O)c2ccccc2)cc1)NCCSCc1ccco1. The Hall–Kier alpha value is -2.99. The Balaban J connectivity index is 1.36. The summed E-state index contributed by atoms with van der Waals surface area (Å²) in [6.07, 6.45) is 1.65. The van der Waals surface area contributed by atoms with Gasteiger partial charge in [0.1, 0.15) is 11.5 Å². The van der Waals surface area contributed by atoms with Gasteiger partial charge in [-0.15, -0.1) is 0 Å². The third-order valence-electron chi connectivity index (χ3n) is 3.92. The number of hydrogen-bond acceptors (Lipinski definition) is 5. The van der Waals surface area contributed by atoms with Crippen LogP contribution in [0.5, 0.6) is 5.75 Å². The molecule has 0 radical (unpaired) electrons. The van der Waals surface area contributed by atoms with E-state index < -0.39 is 0 Å². The van der Waals surface area contributed by atoms with Gasteiger partial charge in [0, 0.05) is 23.4 Å². The summed E-state index contributed by atoms with van der Waals surface area (Å²) in [5, 5.41) is 2.81. The normalized spacial score (nSPS) is 10.4. The highest BCUT2D eigenvalue weighted by atomic mass is 32.2. The molecule has 0 fully saturated rings. The van der Waals surface area contributed by atoms with Gasteiger partial charge in [0.15, 0.2) is 12.4 Å². The lowest BCUT2D eigenvalue weighted by Gasteiger charge is -2.08. The number of ketones is 1. The molecule has 0 saturated heterocycles. The van der Waals surface area contributed by atoms with Gasteiger partial charge in [0.05, 0.1) is 12.0 Å². The number of carbonyl (C=O) groups excluding carboxylic acids is 2. The van der Waals surface area contributed by atoms with Crippen LogP contribution in [0.2, 0.25) is 0 Å². The standard InChI is InChI=1S/C22H21NO4S/c24-21(23-12-14-28-16-20-7-4-13-26-20)15-27-19-10-8-18(9-11-19)22(25)17-5-2-1-3-6-17/h1-11,13H,12,14-16H2,(H,23,24). The summed E-state index contributed by atoms with van der Waals surface area (Å²) in [5.74, 6) is 2.83. The molecule has 144 valence electrons. The van der Waals surface area contributed by atoms with Crippen molar-refractivity contribution in [3.63, 3.8) is 0 Å². The minimum Gasteiger partial charge on any atom is -0.484 e. The lowest BCUT2D eigenvalue weighted by Crippen LogP contribution is -2.30. The average Bonchev–Trinajstić information content (AvgIpc) is 3.26. The van der Waals surface area contributed by atoms with Crippen molar-refractivity contribution in [3.8, 4) is 5.75 Å². The Kier molecular flexibility index (Phi) is 7.32. The maximum Gasteiger partial charge on any atom is 0.257 e. The molecule has 3 rings (SSSR count). The fraction of sp³-hybridized carbons (Fsp3) is 0.182. The van der Waals surface area contributed by atoms with Crippen molar-refractivity contribution in [1.82, 2.24) is 5.32 Å². The van der Waals surface area contributed by atoms with Crippen LogP contribution in [0.1, 0.15) is 21.7 Å². The highest BCUT2D eigenvalue weighted by Gasteiger charge is 2.09. The first-order chi connectivity index (χ1) is 13.7. The van der Waals surface area contributed by atoms with E-state index in [1.54, 1.807) is 54.4 Å². The molecular formula is C22H21NO4S. The third-order valence-corrected chi connectivity index (χ3v) is 4.90. The fourth-order valence-electron chi connectivity index (χ4n) is 2.49. The van der Waals surface area contributed by atoms with Crippen molar-refractivity contribution >= 4 is 23.5 Å². The summed E-state index contributed by atoms with van der Waals surface area (Å²) in [4.78, 5) is 24.2. The number of ether oxygens (including phenoxy) is 1. The molecule has 1 N–H and O–H groups in total. The van der Waals surface area contributed by atoms with Crippen molar-refractivity contribution in [2.24, 2.45) is 0 Å². The van der Waals surface area contributed by atoms with E-state index >= 15 is 0 Å². The minimum atomic E-state index is -0.178. The second-order valence-electron chi connectivity index (χ2n) is 5.99. The lowest BCUT2D eigenvalue weighted by molar-refractivity contribution is -0.122. The first kappa shape index (κ1) is 19.8. The van der Waals surface area contributed by atoms with Gasteiger partial charge in [0.25, 0.3) is 5.91 Å². The largest absolute Gasteiger partial charge is 0.484 e. The van der Waals surface area contributed by atoms with E-state index in [0.29, 0.717) is 23.4 Å². The van der Waals surface area contributed by atoms with Crippen LogP contribution in [0.4, 0.5) is 0 Å². The van der Waals surface area contributed by atoms with Gasteiger partial charge in [-0.2, -0.15) is 11.8 Å². The van der Waals surface area contributed by atoms with E-state index in [-0.39, 0.29) is 18.3 Å². The third kappa shape index (κ3) is 6.03. The molecule has 0 unspecified atom stereocenters. The van der Waals surface area contributed by atoms with Crippen LogP contribution in [-0.2, 0) is 10.5 Å². The number of thioether (sulfide) groups is 1. The molecule has 0 bridgehead atoms. The Labute approximate surface area is 168 Å². The maximum absolute atomic E-state index is 12.4. The zero-order chi connectivity index (χ0) is 19.6. The van der Waals surface area contributed by atoms with Gasteiger partial charge >= 0.3 is 0 Å². The molecule has 6 heteroatoms. The predicted molar refractivity (Wildman–Crippen MR) is 110 cm³/mol. The molecule has 1 heterocycles. The van der Waals surface area contributed by atoms with E-state index in [4.69, 9.17) is 9.15 Å². The van der Waals surface area contributed by atoms with Gasteiger partial charge < -0.3 is 14.5 Å². The van der Waals surface area contributed by atoms with Crippen LogP contribution < -0.4 is 10.1 Å². The molecule has 0 atom stereocenters. The monoisotopic (exact) mass is 395 g/mol. The van der Waals surface area contributed by atoms with Crippen LogP contribution in [0.25, 0.3) is 0 Å². The topological polar surface area (TPSA) is 68.5 Å². The number of hydrogen-bond donors (Lipinski definition) is 1. The minimum absolute atomic E-state index is 0.0445.